The first kappa shape index (κ1) is 10.8. The second kappa shape index (κ2) is 5.47. The van der Waals surface area contributed by atoms with Gasteiger partial charge in [0.25, 0.3) is 0 Å². The molecule has 0 saturated carbocycles. The Hall–Kier alpha value is -1.26. The van der Waals surface area contributed by atoms with E-state index in [1.54, 1.807) is 0 Å². The van der Waals surface area contributed by atoms with Gasteiger partial charge in [-0.15, -0.1) is 11.8 Å². The maximum absolute atomic E-state index is 13.0. The van der Waals surface area contributed by atoms with E-state index in [2.05, 4.69) is 10.0 Å². The summed E-state index contributed by atoms with van der Waals surface area (Å²) in [6, 6.07) is 3.39. The summed E-state index contributed by atoms with van der Waals surface area (Å²) >= 11 is 1.19. The molecule has 0 atom stereocenters. The van der Waals surface area contributed by atoms with Crippen molar-refractivity contribution in [2.75, 3.05) is 12.3 Å². The molecular weight excluding hydrogens is 208 g/mol. The summed E-state index contributed by atoms with van der Waals surface area (Å²) in [6.45, 7) is 0.290. The molecule has 3 nitrogen and oxygen atoms in total. The number of rotatable bonds is 4. The highest BCUT2D eigenvalue weighted by Crippen LogP contribution is 2.21. The quantitative estimate of drug-likeness (QED) is 0.250. The molecule has 0 aromatic heterocycles. The summed E-state index contributed by atoms with van der Waals surface area (Å²) in [7, 11) is 0. The molecule has 0 fully saturated rings. The summed E-state index contributed by atoms with van der Waals surface area (Å²) < 4.78 is 25.5. The lowest BCUT2D eigenvalue weighted by Crippen LogP contribution is -1.87. The molecule has 0 aliphatic carbocycles. The Bertz CT molecular complexity index is 364. The molecule has 0 unspecified atom stereocenters. The summed E-state index contributed by atoms with van der Waals surface area (Å²) in [4.78, 5) is 2.92. The average Bonchev–Trinajstić information content (AvgIpc) is 2.15. The summed E-state index contributed by atoms with van der Waals surface area (Å²) in [6.07, 6.45) is 0. The first-order valence-corrected chi connectivity index (χ1v) is 4.81. The van der Waals surface area contributed by atoms with Crippen molar-refractivity contribution in [1.82, 2.24) is 0 Å². The molecule has 74 valence electrons. The maximum Gasteiger partial charge on any atom is 0.139 e. The summed E-state index contributed by atoms with van der Waals surface area (Å²) in [5.41, 5.74) is 7.98. The zero-order valence-corrected chi connectivity index (χ0v) is 7.97. The third kappa shape index (κ3) is 3.24. The molecule has 1 aromatic rings. The van der Waals surface area contributed by atoms with Gasteiger partial charge < -0.3 is 0 Å². The highest BCUT2D eigenvalue weighted by atomic mass is 32.2. The first-order valence-electron chi connectivity index (χ1n) is 3.83. The van der Waals surface area contributed by atoms with Crippen molar-refractivity contribution >= 4 is 11.8 Å². The molecule has 0 saturated heterocycles. The lowest BCUT2D eigenvalue weighted by molar-refractivity contribution is 0.565. The molecule has 14 heavy (non-hydrogen) atoms. The summed E-state index contributed by atoms with van der Waals surface area (Å²) in [5.74, 6) is -0.704. The van der Waals surface area contributed by atoms with E-state index >= 15 is 0 Å². The first-order chi connectivity index (χ1) is 6.74. The van der Waals surface area contributed by atoms with Crippen LogP contribution in [0.2, 0.25) is 0 Å². The number of benzene rings is 1. The van der Waals surface area contributed by atoms with Gasteiger partial charge in [-0.05, 0) is 17.7 Å². The van der Waals surface area contributed by atoms with Crippen LogP contribution in [0.5, 0.6) is 0 Å². The molecule has 1 rings (SSSR count). The molecule has 0 aliphatic rings. The molecule has 0 radical (unpaired) electrons. The average molecular weight is 215 g/mol. The van der Waals surface area contributed by atoms with Crippen molar-refractivity contribution in [3.05, 3.63) is 40.3 Å². The molecule has 0 aliphatic heterocycles. The van der Waals surface area contributed by atoms with Gasteiger partial charge in [0.15, 0.2) is 0 Å². The molecule has 0 spiro atoms. The number of azide groups is 1. The fourth-order valence-corrected chi connectivity index (χ4v) is 1.59. The van der Waals surface area contributed by atoms with Gasteiger partial charge in [-0.3, -0.25) is 0 Å². The third-order valence-corrected chi connectivity index (χ3v) is 2.43. The molecular formula is C8H7F2N3S. The van der Waals surface area contributed by atoms with Crippen molar-refractivity contribution in [2.24, 2.45) is 5.11 Å². The minimum Gasteiger partial charge on any atom is -0.207 e. The smallest absolute Gasteiger partial charge is 0.139 e. The maximum atomic E-state index is 13.0. The third-order valence-electron chi connectivity index (χ3n) is 1.41. The van der Waals surface area contributed by atoms with E-state index < -0.39 is 11.6 Å². The SMILES string of the molecule is [N-]=[N+]=NCCSc1ccc(F)cc1F. The van der Waals surface area contributed by atoms with E-state index in [1.165, 1.54) is 23.9 Å². The van der Waals surface area contributed by atoms with Crippen LogP contribution in [0.4, 0.5) is 8.78 Å². The molecule has 0 heterocycles. The van der Waals surface area contributed by atoms with Crippen LogP contribution in [0.3, 0.4) is 0 Å². The fourth-order valence-electron chi connectivity index (χ4n) is 0.833. The standard InChI is InChI=1S/C8H7F2N3S/c9-6-1-2-8(7(10)5-6)14-4-3-12-13-11/h1-2,5H,3-4H2. The minimum atomic E-state index is -0.595. The van der Waals surface area contributed by atoms with Gasteiger partial charge in [-0.2, -0.15) is 0 Å². The fraction of sp³-hybridized carbons (Fsp3) is 0.250. The van der Waals surface area contributed by atoms with E-state index in [0.29, 0.717) is 10.6 Å². The van der Waals surface area contributed by atoms with Crippen LogP contribution in [-0.2, 0) is 0 Å². The molecule has 0 amide bonds. The Morgan fingerprint density at radius 1 is 1.43 bits per heavy atom. The van der Waals surface area contributed by atoms with Crippen LogP contribution in [0.25, 0.3) is 10.4 Å². The van der Waals surface area contributed by atoms with Gasteiger partial charge >= 0.3 is 0 Å². The van der Waals surface area contributed by atoms with Crippen LogP contribution in [0.1, 0.15) is 0 Å². The van der Waals surface area contributed by atoms with Crippen molar-refractivity contribution in [3.63, 3.8) is 0 Å². The van der Waals surface area contributed by atoms with E-state index in [1.807, 2.05) is 0 Å². The second-order valence-electron chi connectivity index (χ2n) is 2.38. The highest BCUT2D eigenvalue weighted by Gasteiger charge is 2.03. The van der Waals surface area contributed by atoms with Gasteiger partial charge in [0, 0.05) is 28.2 Å². The van der Waals surface area contributed by atoms with E-state index in [-0.39, 0.29) is 6.54 Å². The van der Waals surface area contributed by atoms with E-state index in [0.717, 1.165) is 6.07 Å². The van der Waals surface area contributed by atoms with Gasteiger partial charge in [-0.1, -0.05) is 5.11 Å². The van der Waals surface area contributed by atoms with Crippen molar-refractivity contribution in [3.8, 4) is 0 Å². The monoisotopic (exact) mass is 215 g/mol. The second-order valence-corrected chi connectivity index (χ2v) is 3.51. The van der Waals surface area contributed by atoms with Gasteiger partial charge in [-0.25, -0.2) is 8.78 Å². The topological polar surface area (TPSA) is 48.8 Å². The Morgan fingerprint density at radius 3 is 2.86 bits per heavy atom. The van der Waals surface area contributed by atoms with Crippen molar-refractivity contribution in [2.45, 2.75) is 4.90 Å². The lowest BCUT2D eigenvalue weighted by Gasteiger charge is -2.00. The number of hydrogen-bond donors (Lipinski definition) is 0. The molecule has 0 bridgehead atoms. The predicted octanol–water partition coefficient (Wildman–Crippen LogP) is 3.37. The van der Waals surface area contributed by atoms with Crippen molar-refractivity contribution < 1.29 is 8.78 Å². The van der Waals surface area contributed by atoms with Crippen LogP contribution >= 0.6 is 11.8 Å². The predicted molar refractivity (Wildman–Crippen MR) is 51.1 cm³/mol. The van der Waals surface area contributed by atoms with Gasteiger partial charge in [0.1, 0.15) is 11.6 Å². The largest absolute Gasteiger partial charge is 0.207 e. The number of thioether (sulfide) groups is 1. The zero-order chi connectivity index (χ0) is 10.4. The molecule has 1 aromatic carbocycles. The van der Waals surface area contributed by atoms with Gasteiger partial charge in [0.05, 0.1) is 0 Å². The molecule has 6 heteroatoms. The normalized spacial score (nSPS) is 9.57. The Balaban J connectivity index is 2.54. The van der Waals surface area contributed by atoms with Crippen LogP contribution in [0, 0.1) is 11.6 Å². The Morgan fingerprint density at radius 2 is 2.21 bits per heavy atom. The Labute approximate surface area is 83.7 Å². The van der Waals surface area contributed by atoms with Gasteiger partial charge in [0.2, 0.25) is 0 Å². The number of hydrogen-bond acceptors (Lipinski definition) is 2. The van der Waals surface area contributed by atoms with Crippen LogP contribution in [-0.4, -0.2) is 12.3 Å². The Kier molecular flexibility index (Phi) is 4.22. The minimum absolute atomic E-state index is 0.290. The summed E-state index contributed by atoms with van der Waals surface area (Å²) in [5, 5.41) is 3.30. The van der Waals surface area contributed by atoms with Crippen LogP contribution in [0.15, 0.2) is 28.2 Å². The lowest BCUT2D eigenvalue weighted by atomic mass is 10.3. The van der Waals surface area contributed by atoms with Crippen LogP contribution < -0.4 is 0 Å². The number of nitrogens with zero attached hydrogens (tertiary/aromatic N) is 3. The van der Waals surface area contributed by atoms with Crippen molar-refractivity contribution in [1.29, 1.82) is 0 Å². The number of halogens is 2. The highest BCUT2D eigenvalue weighted by molar-refractivity contribution is 7.99. The molecule has 0 N–H and O–H groups in total. The van der Waals surface area contributed by atoms with E-state index in [9.17, 15) is 8.78 Å². The van der Waals surface area contributed by atoms with E-state index in [4.69, 9.17) is 5.53 Å². The zero-order valence-electron chi connectivity index (χ0n) is 7.15.